The summed E-state index contributed by atoms with van der Waals surface area (Å²) in [5.74, 6) is 0.232. The molecule has 1 fully saturated rings. The van der Waals surface area contributed by atoms with Crippen LogP contribution in [0.5, 0.6) is 0 Å². The number of aromatic nitrogens is 1. The third kappa shape index (κ3) is 3.83. The van der Waals surface area contributed by atoms with Crippen LogP contribution in [0.2, 0.25) is 0 Å². The molecule has 112 valence electrons. The lowest BCUT2D eigenvalue weighted by Crippen LogP contribution is -2.32. The number of thiophene rings is 1. The molecule has 2 aromatic heterocycles. The second-order valence-corrected chi connectivity index (χ2v) is 7.70. The first-order valence-electron chi connectivity index (χ1n) is 7.16. The third-order valence-electron chi connectivity index (χ3n) is 3.59. The van der Waals surface area contributed by atoms with Gasteiger partial charge in [-0.2, -0.15) is 0 Å². The van der Waals surface area contributed by atoms with E-state index in [0.29, 0.717) is 24.0 Å². The zero-order chi connectivity index (χ0) is 14.8. The summed E-state index contributed by atoms with van der Waals surface area (Å²) < 4.78 is 0. The van der Waals surface area contributed by atoms with Gasteiger partial charge in [-0.3, -0.25) is 4.79 Å². The minimum absolute atomic E-state index is 0.232. The minimum atomic E-state index is 0.232. The van der Waals surface area contributed by atoms with Crippen LogP contribution >= 0.6 is 22.7 Å². The molecule has 0 bridgehead atoms. The predicted molar refractivity (Wildman–Crippen MR) is 87.5 cm³/mol. The fraction of sp³-hybridized carbons (Fsp3) is 0.467. The van der Waals surface area contributed by atoms with Crippen LogP contribution in [0.1, 0.15) is 34.7 Å². The largest absolute Gasteiger partial charge is 0.375 e. The molecular formula is C15H19N3OS2. The number of nitrogens with zero attached hydrogens (tertiary/aromatic N) is 2. The zero-order valence-electron chi connectivity index (χ0n) is 12.0. The van der Waals surface area contributed by atoms with Crippen molar-refractivity contribution in [3.05, 3.63) is 33.0 Å². The molecule has 2 N–H and O–H groups in total. The second kappa shape index (κ2) is 6.15. The Hall–Kier alpha value is -1.40. The topological polar surface area (TPSA) is 59.2 Å². The lowest BCUT2D eigenvalue weighted by atomic mass is 10.2. The molecule has 2 heterocycles. The van der Waals surface area contributed by atoms with Gasteiger partial charge in [0.1, 0.15) is 0 Å². The lowest BCUT2D eigenvalue weighted by molar-refractivity contribution is -0.132. The molecule has 0 unspecified atom stereocenters. The van der Waals surface area contributed by atoms with E-state index >= 15 is 0 Å². The highest BCUT2D eigenvalue weighted by atomic mass is 32.1. The van der Waals surface area contributed by atoms with Gasteiger partial charge in [-0.05, 0) is 38.3 Å². The van der Waals surface area contributed by atoms with Crippen LogP contribution in [-0.4, -0.2) is 21.8 Å². The lowest BCUT2D eigenvalue weighted by Gasteiger charge is -2.21. The van der Waals surface area contributed by atoms with Gasteiger partial charge in [-0.15, -0.1) is 22.7 Å². The van der Waals surface area contributed by atoms with Gasteiger partial charge >= 0.3 is 0 Å². The summed E-state index contributed by atoms with van der Waals surface area (Å²) >= 11 is 3.21. The molecule has 1 amide bonds. The summed E-state index contributed by atoms with van der Waals surface area (Å²) in [6, 6.07) is 4.69. The van der Waals surface area contributed by atoms with Crippen LogP contribution in [0.15, 0.2) is 17.5 Å². The minimum Gasteiger partial charge on any atom is -0.375 e. The molecule has 0 saturated heterocycles. The number of hydrogen-bond acceptors (Lipinski definition) is 5. The van der Waals surface area contributed by atoms with Gasteiger partial charge in [0.05, 0.1) is 12.2 Å². The summed E-state index contributed by atoms with van der Waals surface area (Å²) in [5, 5.41) is 2.51. The van der Waals surface area contributed by atoms with E-state index in [2.05, 4.69) is 24.0 Å². The third-order valence-corrected chi connectivity index (χ3v) is 5.30. The first kappa shape index (κ1) is 14.5. The predicted octanol–water partition coefficient (Wildman–Crippen LogP) is 3.22. The standard InChI is InChI=1S/C15H19N3OS2/c1-10-2-6-13(21-10)8-18(12-4-5-12)14(19)7-3-11-9-20-15(16)17-11/h2,6,9,12H,3-5,7-8H2,1H3,(H2,16,17). The van der Waals surface area contributed by atoms with Gasteiger partial charge in [0, 0.05) is 27.6 Å². The smallest absolute Gasteiger partial charge is 0.223 e. The van der Waals surface area contributed by atoms with Crippen LogP contribution in [0.25, 0.3) is 0 Å². The Morgan fingerprint density at radius 3 is 2.86 bits per heavy atom. The van der Waals surface area contributed by atoms with Crippen molar-refractivity contribution in [3.63, 3.8) is 0 Å². The quantitative estimate of drug-likeness (QED) is 0.888. The first-order chi connectivity index (χ1) is 10.1. The number of nitrogen functional groups attached to an aromatic ring is 1. The number of nitrogens with two attached hydrogens (primary N) is 1. The highest BCUT2D eigenvalue weighted by Gasteiger charge is 2.32. The number of amides is 1. The fourth-order valence-electron chi connectivity index (χ4n) is 2.36. The van der Waals surface area contributed by atoms with Crippen molar-refractivity contribution < 1.29 is 4.79 Å². The van der Waals surface area contributed by atoms with Gasteiger partial charge in [0.25, 0.3) is 0 Å². The summed E-state index contributed by atoms with van der Waals surface area (Å²) in [6.07, 6.45) is 3.47. The normalized spacial score (nSPS) is 14.3. The summed E-state index contributed by atoms with van der Waals surface area (Å²) in [4.78, 5) is 21.3. The summed E-state index contributed by atoms with van der Waals surface area (Å²) in [7, 11) is 0. The molecule has 1 saturated carbocycles. The molecule has 0 radical (unpaired) electrons. The SMILES string of the molecule is Cc1ccc(CN(C(=O)CCc2csc(N)n2)C2CC2)s1. The van der Waals surface area contributed by atoms with Gasteiger partial charge in [0.2, 0.25) is 5.91 Å². The van der Waals surface area contributed by atoms with Crippen LogP contribution in [0.4, 0.5) is 5.13 Å². The van der Waals surface area contributed by atoms with Crippen molar-refractivity contribution >= 4 is 33.7 Å². The molecule has 4 nitrogen and oxygen atoms in total. The van der Waals surface area contributed by atoms with Gasteiger partial charge < -0.3 is 10.6 Å². The molecular weight excluding hydrogens is 302 g/mol. The number of rotatable bonds is 6. The van der Waals surface area contributed by atoms with E-state index in [1.54, 1.807) is 11.3 Å². The molecule has 0 aromatic carbocycles. The average Bonchev–Trinajstić information content (AvgIpc) is 3.09. The van der Waals surface area contributed by atoms with E-state index in [1.165, 1.54) is 21.1 Å². The van der Waals surface area contributed by atoms with Gasteiger partial charge in [-0.1, -0.05) is 0 Å². The molecule has 1 aliphatic carbocycles. The Labute approximate surface area is 132 Å². The van der Waals surface area contributed by atoms with E-state index < -0.39 is 0 Å². The summed E-state index contributed by atoms with van der Waals surface area (Å²) in [6.45, 7) is 2.85. The number of carbonyl (C=O) groups is 1. The van der Waals surface area contributed by atoms with Crippen molar-refractivity contribution in [1.82, 2.24) is 9.88 Å². The highest BCUT2D eigenvalue weighted by Crippen LogP contribution is 2.30. The number of thiazole rings is 1. The highest BCUT2D eigenvalue weighted by molar-refractivity contribution is 7.13. The van der Waals surface area contributed by atoms with E-state index in [4.69, 9.17) is 5.73 Å². The van der Waals surface area contributed by atoms with Gasteiger partial charge in [0.15, 0.2) is 5.13 Å². The molecule has 1 aliphatic rings. The first-order valence-corrected chi connectivity index (χ1v) is 8.86. The monoisotopic (exact) mass is 321 g/mol. The number of anilines is 1. The Kier molecular flexibility index (Phi) is 4.26. The van der Waals surface area contributed by atoms with Crippen LogP contribution in [0, 0.1) is 6.92 Å². The summed E-state index contributed by atoms with van der Waals surface area (Å²) in [5.41, 5.74) is 6.55. The van der Waals surface area contributed by atoms with Crippen LogP contribution in [-0.2, 0) is 17.8 Å². The molecule has 21 heavy (non-hydrogen) atoms. The van der Waals surface area contributed by atoms with Crippen molar-refractivity contribution in [3.8, 4) is 0 Å². The maximum absolute atomic E-state index is 12.5. The maximum atomic E-state index is 12.5. The van der Waals surface area contributed by atoms with Crippen molar-refractivity contribution in [2.75, 3.05) is 5.73 Å². The van der Waals surface area contributed by atoms with E-state index in [1.807, 2.05) is 10.3 Å². The fourth-order valence-corrected chi connectivity index (χ4v) is 3.85. The number of hydrogen-bond donors (Lipinski definition) is 1. The molecule has 3 rings (SSSR count). The van der Waals surface area contributed by atoms with Gasteiger partial charge in [-0.25, -0.2) is 4.98 Å². The van der Waals surface area contributed by atoms with Crippen molar-refractivity contribution in [1.29, 1.82) is 0 Å². The van der Waals surface area contributed by atoms with E-state index in [9.17, 15) is 4.79 Å². The van der Waals surface area contributed by atoms with Crippen LogP contribution in [0.3, 0.4) is 0 Å². The Balaban J connectivity index is 1.59. The average molecular weight is 321 g/mol. The molecule has 0 spiro atoms. The molecule has 0 atom stereocenters. The molecule has 6 heteroatoms. The molecule has 0 aliphatic heterocycles. The van der Waals surface area contributed by atoms with E-state index in [0.717, 1.165) is 25.1 Å². The molecule has 2 aromatic rings. The van der Waals surface area contributed by atoms with Crippen LogP contribution < -0.4 is 5.73 Å². The maximum Gasteiger partial charge on any atom is 0.223 e. The second-order valence-electron chi connectivity index (χ2n) is 5.44. The number of carbonyl (C=O) groups excluding carboxylic acids is 1. The Morgan fingerprint density at radius 2 is 2.29 bits per heavy atom. The van der Waals surface area contributed by atoms with Crippen molar-refractivity contribution in [2.24, 2.45) is 0 Å². The Bertz CT molecular complexity index is 630. The van der Waals surface area contributed by atoms with E-state index in [-0.39, 0.29) is 5.91 Å². The Morgan fingerprint density at radius 1 is 1.48 bits per heavy atom. The van der Waals surface area contributed by atoms with Crippen molar-refractivity contribution in [2.45, 2.75) is 45.2 Å². The number of aryl methyl sites for hydroxylation is 2. The zero-order valence-corrected chi connectivity index (χ0v) is 13.7.